The van der Waals surface area contributed by atoms with Gasteiger partial charge in [-0.25, -0.2) is 0 Å². The second kappa shape index (κ2) is 8.61. The van der Waals surface area contributed by atoms with E-state index in [1.165, 1.54) is 0 Å². The van der Waals surface area contributed by atoms with E-state index in [0.717, 1.165) is 17.4 Å². The van der Waals surface area contributed by atoms with Gasteiger partial charge in [-0.3, -0.25) is 9.59 Å². The van der Waals surface area contributed by atoms with Gasteiger partial charge in [0.25, 0.3) is 5.91 Å². The van der Waals surface area contributed by atoms with Crippen LogP contribution in [-0.2, 0) is 11.2 Å². The average Bonchev–Trinajstić information content (AvgIpc) is 3.09. The Kier molecular flexibility index (Phi) is 5.99. The van der Waals surface area contributed by atoms with Gasteiger partial charge >= 0.3 is 0 Å². The lowest BCUT2D eigenvalue weighted by atomic mass is 10.1. The quantitative estimate of drug-likeness (QED) is 0.645. The van der Waals surface area contributed by atoms with E-state index in [0.29, 0.717) is 22.6 Å². The molecular formula is C22H24N2O4. The van der Waals surface area contributed by atoms with Gasteiger partial charge in [0.2, 0.25) is 5.91 Å². The number of hydrogen-bond acceptors (Lipinski definition) is 4. The standard InChI is InChI=1S/C22H24N2O4/c1-4-14(2)23-22(26)18-7-5-6-8-19(18)24-21(25)11-15-13-28-20-12-16(27-3)9-10-17(15)20/h5-10,12-14H,4,11H2,1-3H3,(H,23,26)(H,24,25)/t14-/m1/s1. The van der Waals surface area contributed by atoms with Gasteiger partial charge in [-0.2, -0.15) is 0 Å². The van der Waals surface area contributed by atoms with Crippen LogP contribution in [0.2, 0.25) is 0 Å². The maximum Gasteiger partial charge on any atom is 0.253 e. The van der Waals surface area contributed by atoms with E-state index < -0.39 is 0 Å². The van der Waals surface area contributed by atoms with Gasteiger partial charge in [-0.05, 0) is 37.6 Å². The first-order valence-corrected chi connectivity index (χ1v) is 9.25. The molecule has 3 aromatic rings. The second-order valence-corrected chi connectivity index (χ2v) is 6.68. The Hall–Kier alpha value is -3.28. The number of amides is 2. The summed E-state index contributed by atoms with van der Waals surface area (Å²) in [5.41, 5.74) is 2.37. The van der Waals surface area contributed by atoms with Crippen LogP contribution in [0.15, 0.2) is 53.1 Å². The number of hydrogen-bond donors (Lipinski definition) is 2. The lowest BCUT2D eigenvalue weighted by Gasteiger charge is -2.14. The number of para-hydroxylation sites is 1. The van der Waals surface area contributed by atoms with Gasteiger partial charge in [-0.15, -0.1) is 0 Å². The Morgan fingerprint density at radius 2 is 1.96 bits per heavy atom. The summed E-state index contributed by atoms with van der Waals surface area (Å²) >= 11 is 0. The Morgan fingerprint density at radius 3 is 2.71 bits per heavy atom. The van der Waals surface area contributed by atoms with Crippen LogP contribution in [0.1, 0.15) is 36.2 Å². The highest BCUT2D eigenvalue weighted by atomic mass is 16.5. The van der Waals surface area contributed by atoms with Crippen molar-refractivity contribution in [2.45, 2.75) is 32.7 Å². The fourth-order valence-electron chi connectivity index (χ4n) is 2.89. The van der Waals surface area contributed by atoms with E-state index in [1.807, 2.05) is 26.0 Å². The van der Waals surface area contributed by atoms with Crippen molar-refractivity contribution in [3.8, 4) is 5.75 Å². The molecule has 6 nitrogen and oxygen atoms in total. The summed E-state index contributed by atoms with van der Waals surface area (Å²) in [6.45, 7) is 3.95. The maximum absolute atomic E-state index is 12.6. The third kappa shape index (κ3) is 4.34. The third-order valence-electron chi connectivity index (χ3n) is 4.65. The minimum Gasteiger partial charge on any atom is -0.497 e. The molecule has 2 aromatic carbocycles. The maximum atomic E-state index is 12.6. The SMILES string of the molecule is CC[C@@H](C)NC(=O)c1ccccc1NC(=O)Cc1coc2cc(OC)ccc12. The minimum absolute atomic E-state index is 0.0607. The minimum atomic E-state index is -0.220. The Bertz CT molecular complexity index is 993. The lowest BCUT2D eigenvalue weighted by molar-refractivity contribution is -0.115. The summed E-state index contributed by atoms with van der Waals surface area (Å²) in [6, 6.07) is 12.5. The fourth-order valence-corrected chi connectivity index (χ4v) is 2.89. The molecule has 28 heavy (non-hydrogen) atoms. The molecule has 0 radical (unpaired) electrons. The molecule has 0 fully saturated rings. The van der Waals surface area contributed by atoms with Crippen molar-refractivity contribution in [1.29, 1.82) is 0 Å². The van der Waals surface area contributed by atoms with Crippen LogP contribution in [0.3, 0.4) is 0 Å². The highest BCUT2D eigenvalue weighted by Crippen LogP contribution is 2.26. The van der Waals surface area contributed by atoms with E-state index >= 15 is 0 Å². The van der Waals surface area contributed by atoms with E-state index in [2.05, 4.69) is 10.6 Å². The molecule has 1 aromatic heterocycles. The molecule has 1 atom stereocenters. The summed E-state index contributed by atoms with van der Waals surface area (Å²) in [7, 11) is 1.59. The number of carbonyl (C=O) groups excluding carboxylic acids is 2. The summed E-state index contributed by atoms with van der Waals surface area (Å²) in [5.74, 6) is 0.271. The van der Waals surface area contributed by atoms with Crippen molar-refractivity contribution in [3.05, 3.63) is 59.9 Å². The van der Waals surface area contributed by atoms with Crippen molar-refractivity contribution in [1.82, 2.24) is 5.32 Å². The highest BCUT2D eigenvalue weighted by Gasteiger charge is 2.16. The second-order valence-electron chi connectivity index (χ2n) is 6.68. The molecule has 0 aliphatic rings. The van der Waals surface area contributed by atoms with Crippen molar-refractivity contribution < 1.29 is 18.7 Å². The Morgan fingerprint density at radius 1 is 1.18 bits per heavy atom. The smallest absolute Gasteiger partial charge is 0.253 e. The third-order valence-corrected chi connectivity index (χ3v) is 4.65. The predicted octanol–water partition coefficient (Wildman–Crippen LogP) is 4.15. The van der Waals surface area contributed by atoms with E-state index in [4.69, 9.17) is 9.15 Å². The van der Waals surface area contributed by atoms with Crippen LogP contribution >= 0.6 is 0 Å². The number of methoxy groups -OCH3 is 1. The number of ether oxygens (including phenoxy) is 1. The molecule has 0 saturated carbocycles. The largest absolute Gasteiger partial charge is 0.497 e. The van der Waals surface area contributed by atoms with Crippen LogP contribution < -0.4 is 15.4 Å². The molecule has 146 valence electrons. The highest BCUT2D eigenvalue weighted by molar-refractivity contribution is 6.04. The average molecular weight is 380 g/mol. The van der Waals surface area contributed by atoms with Crippen LogP contribution in [-0.4, -0.2) is 25.0 Å². The number of furan rings is 1. The van der Waals surface area contributed by atoms with E-state index in [1.54, 1.807) is 43.7 Å². The van der Waals surface area contributed by atoms with Gasteiger partial charge in [0, 0.05) is 23.1 Å². The number of anilines is 1. The van der Waals surface area contributed by atoms with E-state index in [-0.39, 0.29) is 24.3 Å². The number of benzene rings is 2. The van der Waals surface area contributed by atoms with Crippen molar-refractivity contribution in [2.24, 2.45) is 0 Å². The zero-order valence-corrected chi connectivity index (χ0v) is 16.2. The van der Waals surface area contributed by atoms with E-state index in [9.17, 15) is 9.59 Å². The van der Waals surface area contributed by atoms with Crippen LogP contribution in [0.25, 0.3) is 11.0 Å². The van der Waals surface area contributed by atoms with Crippen molar-refractivity contribution >= 4 is 28.5 Å². The molecule has 0 aliphatic carbocycles. The number of nitrogens with one attached hydrogen (secondary N) is 2. The molecule has 2 N–H and O–H groups in total. The molecular weight excluding hydrogens is 356 g/mol. The Balaban J connectivity index is 1.74. The first-order chi connectivity index (χ1) is 13.5. The Labute approximate surface area is 163 Å². The fraction of sp³-hybridized carbons (Fsp3) is 0.273. The molecule has 0 unspecified atom stereocenters. The molecule has 6 heteroatoms. The van der Waals surface area contributed by atoms with Crippen molar-refractivity contribution in [3.63, 3.8) is 0 Å². The summed E-state index contributed by atoms with van der Waals surface area (Å²) < 4.78 is 10.7. The number of rotatable bonds is 7. The normalized spacial score (nSPS) is 11.8. The summed E-state index contributed by atoms with van der Waals surface area (Å²) in [5, 5.41) is 6.63. The van der Waals surface area contributed by atoms with Gasteiger partial charge in [-0.1, -0.05) is 19.1 Å². The summed E-state index contributed by atoms with van der Waals surface area (Å²) in [6.07, 6.45) is 2.55. The first-order valence-electron chi connectivity index (χ1n) is 9.25. The molecule has 3 rings (SSSR count). The number of carbonyl (C=O) groups is 2. The summed E-state index contributed by atoms with van der Waals surface area (Å²) in [4.78, 5) is 25.1. The molecule has 0 aliphatic heterocycles. The van der Waals surface area contributed by atoms with Crippen LogP contribution in [0.4, 0.5) is 5.69 Å². The molecule has 2 amide bonds. The molecule has 0 saturated heterocycles. The van der Waals surface area contributed by atoms with Gasteiger partial charge < -0.3 is 19.8 Å². The molecule has 0 bridgehead atoms. The monoisotopic (exact) mass is 380 g/mol. The molecule has 0 spiro atoms. The zero-order chi connectivity index (χ0) is 20.1. The molecule has 1 heterocycles. The topological polar surface area (TPSA) is 80.6 Å². The van der Waals surface area contributed by atoms with Gasteiger partial charge in [0.1, 0.15) is 11.3 Å². The first kappa shape index (κ1) is 19.5. The van der Waals surface area contributed by atoms with Gasteiger partial charge in [0.05, 0.1) is 31.0 Å². The van der Waals surface area contributed by atoms with Crippen LogP contribution in [0.5, 0.6) is 5.75 Å². The van der Waals surface area contributed by atoms with Gasteiger partial charge in [0.15, 0.2) is 0 Å². The lowest BCUT2D eigenvalue weighted by Crippen LogP contribution is -2.32. The zero-order valence-electron chi connectivity index (χ0n) is 16.2. The number of fused-ring (bicyclic) bond motifs is 1. The van der Waals surface area contributed by atoms with Crippen LogP contribution in [0, 0.1) is 0 Å². The predicted molar refractivity (Wildman–Crippen MR) is 109 cm³/mol. The van der Waals surface area contributed by atoms with Crippen molar-refractivity contribution in [2.75, 3.05) is 12.4 Å².